The Labute approximate surface area is 117 Å². The van der Waals surface area contributed by atoms with Gasteiger partial charge in [0, 0.05) is 26.1 Å². The maximum absolute atomic E-state index is 12.5. The summed E-state index contributed by atoms with van der Waals surface area (Å²) in [6, 6.07) is 0. The number of hydrogen-bond donors (Lipinski definition) is 0. The van der Waals surface area contributed by atoms with Gasteiger partial charge in [-0.15, -0.1) is 0 Å². The quantitative estimate of drug-likeness (QED) is 0.668. The van der Waals surface area contributed by atoms with E-state index < -0.39 is 0 Å². The van der Waals surface area contributed by atoms with Gasteiger partial charge in [0.1, 0.15) is 0 Å². The molecule has 0 aliphatic heterocycles. The summed E-state index contributed by atoms with van der Waals surface area (Å²) in [5.41, 5.74) is 0. The van der Waals surface area contributed by atoms with Gasteiger partial charge in [-0.2, -0.15) is 0 Å². The Morgan fingerprint density at radius 2 is 1.79 bits per heavy atom. The van der Waals surface area contributed by atoms with E-state index in [0.29, 0.717) is 18.4 Å². The molecular formula is C15H28N2O2. The molecule has 0 spiro atoms. The van der Waals surface area contributed by atoms with Crippen molar-refractivity contribution in [2.45, 2.75) is 25.7 Å². The summed E-state index contributed by atoms with van der Waals surface area (Å²) in [5, 5.41) is 0. The van der Waals surface area contributed by atoms with Crippen molar-refractivity contribution in [1.82, 2.24) is 9.80 Å². The van der Waals surface area contributed by atoms with Crippen molar-refractivity contribution < 1.29 is 9.53 Å². The average Bonchev–Trinajstić information content (AvgIpc) is 2.99. The summed E-state index contributed by atoms with van der Waals surface area (Å²) < 4.78 is 5.14. The van der Waals surface area contributed by atoms with Crippen LogP contribution in [0.1, 0.15) is 25.7 Å². The van der Waals surface area contributed by atoms with Crippen LogP contribution in [0.2, 0.25) is 0 Å². The van der Waals surface area contributed by atoms with Gasteiger partial charge in [0.25, 0.3) is 0 Å². The molecule has 110 valence electrons. The minimum absolute atomic E-state index is 0.306. The molecule has 19 heavy (non-hydrogen) atoms. The molecule has 0 aromatic heterocycles. The van der Waals surface area contributed by atoms with Crippen LogP contribution in [0.25, 0.3) is 0 Å². The van der Waals surface area contributed by atoms with Crippen LogP contribution in [0.15, 0.2) is 0 Å². The van der Waals surface area contributed by atoms with Crippen LogP contribution >= 0.6 is 0 Å². The number of nitrogens with zero attached hydrogens (tertiary/aromatic N) is 2. The number of amides is 1. The lowest BCUT2D eigenvalue weighted by Crippen LogP contribution is -2.39. The fourth-order valence-corrected chi connectivity index (χ4v) is 3.29. The normalized spacial score (nSPS) is 28.5. The molecule has 0 aromatic rings. The van der Waals surface area contributed by atoms with Crippen LogP contribution in [0.3, 0.4) is 0 Å². The number of hydrogen-bond acceptors (Lipinski definition) is 3. The molecule has 0 saturated heterocycles. The first-order valence-electron chi connectivity index (χ1n) is 7.54. The highest BCUT2D eigenvalue weighted by atomic mass is 16.5. The van der Waals surface area contributed by atoms with Crippen molar-refractivity contribution >= 4 is 5.91 Å². The fourth-order valence-electron chi connectivity index (χ4n) is 3.29. The summed E-state index contributed by atoms with van der Waals surface area (Å²) in [6.45, 7) is 3.29. The standard InChI is InChI=1S/C15H28N2O2/c1-16(2)5-4-6-17(7-8-19-3)15(18)14-10-12-9-13(12)11-14/h12-14H,4-11H2,1-3H3. The second kappa shape index (κ2) is 6.71. The lowest BCUT2D eigenvalue weighted by atomic mass is 10.0. The number of carbonyl (C=O) groups is 1. The maximum Gasteiger partial charge on any atom is 0.225 e. The van der Waals surface area contributed by atoms with E-state index in [2.05, 4.69) is 19.0 Å². The summed E-state index contributed by atoms with van der Waals surface area (Å²) in [7, 11) is 5.85. The third kappa shape index (κ3) is 4.18. The van der Waals surface area contributed by atoms with Crippen LogP contribution in [0, 0.1) is 17.8 Å². The SMILES string of the molecule is COCCN(CCCN(C)C)C(=O)C1CC2CC2C1. The second-order valence-corrected chi connectivity index (χ2v) is 6.40. The Bertz CT molecular complexity index is 297. The van der Waals surface area contributed by atoms with Gasteiger partial charge in [0.2, 0.25) is 5.91 Å². The molecule has 2 fully saturated rings. The average molecular weight is 268 g/mol. The molecule has 2 atom stereocenters. The van der Waals surface area contributed by atoms with Crippen molar-refractivity contribution in [2.75, 3.05) is 47.4 Å². The summed E-state index contributed by atoms with van der Waals surface area (Å²) in [4.78, 5) is 16.8. The first-order chi connectivity index (χ1) is 9.11. The summed E-state index contributed by atoms with van der Waals surface area (Å²) >= 11 is 0. The Kier molecular flexibility index (Phi) is 5.22. The topological polar surface area (TPSA) is 32.8 Å². The molecule has 4 heteroatoms. The van der Waals surface area contributed by atoms with E-state index in [4.69, 9.17) is 4.74 Å². The smallest absolute Gasteiger partial charge is 0.225 e. The molecule has 2 rings (SSSR count). The van der Waals surface area contributed by atoms with E-state index in [-0.39, 0.29) is 0 Å². The second-order valence-electron chi connectivity index (χ2n) is 6.40. The van der Waals surface area contributed by atoms with Gasteiger partial charge in [0.15, 0.2) is 0 Å². The first-order valence-corrected chi connectivity index (χ1v) is 7.54. The molecule has 2 aliphatic carbocycles. The van der Waals surface area contributed by atoms with Crippen molar-refractivity contribution in [2.24, 2.45) is 17.8 Å². The Hall–Kier alpha value is -0.610. The van der Waals surface area contributed by atoms with Crippen LogP contribution in [0.5, 0.6) is 0 Å². The lowest BCUT2D eigenvalue weighted by molar-refractivity contribution is -0.136. The molecule has 2 saturated carbocycles. The molecule has 0 aromatic carbocycles. The van der Waals surface area contributed by atoms with Crippen LogP contribution in [0.4, 0.5) is 0 Å². The van der Waals surface area contributed by atoms with Crippen molar-refractivity contribution in [1.29, 1.82) is 0 Å². The summed E-state index contributed by atoms with van der Waals surface area (Å²) in [6.07, 6.45) is 4.70. The molecule has 2 aliphatic rings. The highest BCUT2D eigenvalue weighted by Gasteiger charge is 2.48. The summed E-state index contributed by atoms with van der Waals surface area (Å²) in [5.74, 6) is 2.43. The number of ether oxygens (including phenoxy) is 1. The zero-order chi connectivity index (χ0) is 13.8. The van der Waals surface area contributed by atoms with Gasteiger partial charge in [-0.05, 0) is 58.2 Å². The van der Waals surface area contributed by atoms with E-state index in [0.717, 1.165) is 50.7 Å². The highest BCUT2D eigenvalue weighted by molar-refractivity contribution is 5.79. The van der Waals surface area contributed by atoms with E-state index in [9.17, 15) is 4.79 Å². The minimum Gasteiger partial charge on any atom is -0.383 e. The third-order valence-electron chi connectivity index (χ3n) is 4.50. The van der Waals surface area contributed by atoms with Gasteiger partial charge < -0.3 is 14.5 Å². The molecule has 0 N–H and O–H groups in total. The zero-order valence-corrected chi connectivity index (χ0v) is 12.6. The molecule has 0 radical (unpaired) electrons. The molecule has 4 nitrogen and oxygen atoms in total. The predicted octanol–water partition coefficient (Wildman–Crippen LogP) is 1.46. The Balaban J connectivity index is 1.79. The number of carbonyl (C=O) groups excluding carboxylic acids is 1. The monoisotopic (exact) mass is 268 g/mol. The maximum atomic E-state index is 12.5. The highest BCUT2D eigenvalue weighted by Crippen LogP contribution is 2.54. The van der Waals surface area contributed by atoms with Crippen LogP contribution < -0.4 is 0 Å². The van der Waals surface area contributed by atoms with E-state index >= 15 is 0 Å². The van der Waals surface area contributed by atoms with Gasteiger partial charge >= 0.3 is 0 Å². The van der Waals surface area contributed by atoms with Gasteiger partial charge in [-0.25, -0.2) is 0 Å². The number of fused-ring (bicyclic) bond motifs is 1. The van der Waals surface area contributed by atoms with E-state index in [1.807, 2.05) is 4.90 Å². The van der Waals surface area contributed by atoms with Crippen molar-refractivity contribution in [3.8, 4) is 0 Å². The van der Waals surface area contributed by atoms with Gasteiger partial charge in [0.05, 0.1) is 6.61 Å². The van der Waals surface area contributed by atoms with E-state index in [1.165, 1.54) is 6.42 Å². The number of methoxy groups -OCH3 is 1. The third-order valence-corrected chi connectivity index (χ3v) is 4.50. The fraction of sp³-hybridized carbons (Fsp3) is 0.933. The Morgan fingerprint density at radius 1 is 1.11 bits per heavy atom. The Morgan fingerprint density at radius 3 is 2.37 bits per heavy atom. The molecule has 2 unspecified atom stereocenters. The predicted molar refractivity (Wildman–Crippen MR) is 75.9 cm³/mol. The zero-order valence-electron chi connectivity index (χ0n) is 12.6. The van der Waals surface area contributed by atoms with Crippen LogP contribution in [-0.4, -0.2) is 63.2 Å². The van der Waals surface area contributed by atoms with Crippen molar-refractivity contribution in [3.63, 3.8) is 0 Å². The molecular weight excluding hydrogens is 240 g/mol. The van der Waals surface area contributed by atoms with E-state index in [1.54, 1.807) is 7.11 Å². The molecule has 1 amide bonds. The van der Waals surface area contributed by atoms with Crippen molar-refractivity contribution in [3.05, 3.63) is 0 Å². The largest absolute Gasteiger partial charge is 0.383 e. The first kappa shape index (κ1) is 14.8. The van der Waals surface area contributed by atoms with Crippen LogP contribution in [-0.2, 0) is 9.53 Å². The van der Waals surface area contributed by atoms with Gasteiger partial charge in [-0.3, -0.25) is 4.79 Å². The minimum atomic E-state index is 0.306. The van der Waals surface area contributed by atoms with Gasteiger partial charge in [-0.1, -0.05) is 0 Å². The molecule has 0 heterocycles. The number of rotatable bonds is 8. The molecule has 0 bridgehead atoms. The lowest BCUT2D eigenvalue weighted by Gasteiger charge is -2.26.